The summed E-state index contributed by atoms with van der Waals surface area (Å²) in [6.07, 6.45) is 6.34. The molecule has 0 aromatic rings. The number of rotatable bonds is 24. The van der Waals surface area contributed by atoms with Crippen molar-refractivity contribution in [3.63, 3.8) is 0 Å². The van der Waals surface area contributed by atoms with Crippen molar-refractivity contribution in [3.8, 4) is 0 Å². The molecule has 0 rings (SSSR count). The third kappa shape index (κ3) is 25.7. The Bertz CT molecular complexity index is 282. The fourth-order valence-electron chi connectivity index (χ4n) is 2.26. The zero-order valence-electron chi connectivity index (χ0n) is 18.6. The molecule has 0 unspecified atom stereocenters. The molecule has 0 N–H and O–H groups in total. The molecule has 7 nitrogen and oxygen atoms in total. The number of hydrogen-bond donors (Lipinski definition) is 0. The van der Waals surface area contributed by atoms with Crippen molar-refractivity contribution in [2.24, 2.45) is 0 Å². The van der Waals surface area contributed by atoms with E-state index < -0.39 is 0 Å². The summed E-state index contributed by atoms with van der Waals surface area (Å²) in [6, 6.07) is 0. The number of hydrogen-bond acceptors (Lipinski definition) is 7. The third-order valence-corrected chi connectivity index (χ3v) is 3.94. The van der Waals surface area contributed by atoms with Crippen LogP contribution in [0.3, 0.4) is 0 Å². The van der Waals surface area contributed by atoms with Gasteiger partial charge in [-0.1, -0.05) is 32.6 Å². The van der Waals surface area contributed by atoms with Crippen LogP contribution in [0.4, 0.5) is 0 Å². The van der Waals surface area contributed by atoms with Crippen LogP contribution < -0.4 is 0 Å². The topological polar surface area (TPSA) is 58.6 Å². The highest BCUT2D eigenvalue weighted by Gasteiger charge is 1.95. The van der Waals surface area contributed by atoms with E-state index in [-0.39, 0.29) is 0 Å². The molecule has 0 saturated carbocycles. The first-order chi connectivity index (χ1) is 13.8. The lowest BCUT2D eigenvalue weighted by molar-refractivity contribution is -0.0172. The summed E-state index contributed by atoms with van der Waals surface area (Å²) in [5.41, 5.74) is 0. The highest BCUT2D eigenvalue weighted by Crippen LogP contribution is 2.02. The molecular weight excluding hydrogens is 362 g/mol. The van der Waals surface area contributed by atoms with E-state index in [9.17, 15) is 0 Å². The molecule has 0 amide bonds. The molecule has 170 valence electrons. The third-order valence-electron chi connectivity index (χ3n) is 3.94. The number of nitrogens with zero attached hydrogens (tertiary/aromatic N) is 1. The summed E-state index contributed by atoms with van der Waals surface area (Å²) in [5, 5.41) is 0. The Kier molecular flexibility index (Phi) is 24.5. The van der Waals surface area contributed by atoms with Crippen molar-refractivity contribution < 1.29 is 28.4 Å². The molecule has 0 radical (unpaired) electrons. The maximum Gasteiger partial charge on any atom is 0.0701 e. The molecule has 0 heterocycles. The van der Waals surface area contributed by atoms with Gasteiger partial charge in [-0.25, -0.2) is 0 Å². The Hall–Kier alpha value is -0.280. The minimum Gasteiger partial charge on any atom is -0.379 e. The van der Waals surface area contributed by atoms with Gasteiger partial charge in [-0.3, -0.25) is 0 Å². The van der Waals surface area contributed by atoms with Crippen molar-refractivity contribution in [2.45, 2.75) is 39.0 Å². The average Bonchev–Trinajstić information content (AvgIpc) is 2.68. The van der Waals surface area contributed by atoms with Crippen LogP contribution in [0.1, 0.15) is 39.0 Å². The van der Waals surface area contributed by atoms with Crippen LogP contribution in [0.15, 0.2) is 0 Å². The van der Waals surface area contributed by atoms with Crippen molar-refractivity contribution in [1.29, 1.82) is 0 Å². The van der Waals surface area contributed by atoms with Gasteiger partial charge in [0, 0.05) is 13.2 Å². The van der Waals surface area contributed by atoms with Crippen LogP contribution in [0, 0.1) is 0 Å². The van der Waals surface area contributed by atoms with Gasteiger partial charge in [-0.2, -0.15) is 0 Å². The van der Waals surface area contributed by atoms with Crippen LogP contribution in [-0.2, 0) is 28.4 Å². The standard InChI is InChI=1S/C21H45NO6/c1-4-5-6-7-8-10-23-12-14-25-16-18-27-20-21-28-19-17-26-15-13-24-11-9-22(2)3/h4-21H2,1-3H3. The quantitative estimate of drug-likeness (QED) is 0.228. The van der Waals surface area contributed by atoms with Crippen LogP contribution in [0.2, 0.25) is 0 Å². The predicted octanol–water partition coefficient (Wildman–Crippen LogP) is 2.62. The van der Waals surface area contributed by atoms with Crippen LogP contribution >= 0.6 is 0 Å². The molecule has 28 heavy (non-hydrogen) atoms. The van der Waals surface area contributed by atoms with Gasteiger partial charge in [0.2, 0.25) is 0 Å². The minimum atomic E-state index is 0.573. The lowest BCUT2D eigenvalue weighted by atomic mass is 10.2. The highest BCUT2D eigenvalue weighted by molar-refractivity contribution is 4.42. The Morgan fingerprint density at radius 3 is 1.18 bits per heavy atom. The maximum absolute atomic E-state index is 5.54. The van der Waals surface area contributed by atoms with E-state index in [2.05, 4.69) is 11.8 Å². The number of unbranched alkanes of at least 4 members (excludes halogenated alkanes) is 4. The van der Waals surface area contributed by atoms with E-state index in [4.69, 9.17) is 28.4 Å². The molecular formula is C21H45NO6. The van der Waals surface area contributed by atoms with Gasteiger partial charge in [0.15, 0.2) is 0 Å². The molecule has 0 spiro atoms. The van der Waals surface area contributed by atoms with E-state index in [0.717, 1.165) is 26.2 Å². The van der Waals surface area contributed by atoms with E-state index in [1.807, 2.05) is 14.1 Å². The second kappa shape index (κ2) is 24.8. The van der Waals surface area contributed by atoms with Gasteiger partial charge in [-0.05, 0) is 20.5 Å². The first-order valence-corrected chi connectivity index (χ1v) is 10.9. The lowest BCUT2D eigenvalue weighted by Crippen LogP contribution is -2.19. The Morgan fingerprint density at radius 1 is 0.429 bits per heavy atom. The summed E-state index contributed by atoms with van der Waals surface area (Å²) in [6.45, 7) is 10.7. The summed E-state index contributed by atoms with van der Waals surface area (Å²) in [5.74, 6) is 0. The first kappa shape index (κ1) is 27.7. The second-order valence-corrected chi connectivity index (χ2v) is 6.89. The normalized spacial score (nSPS) is 11.6. The van der Waals surface area contributed by atoms with E-state index in [1.54, 1.807) is 0 Å². The molecule has 0 atom stereocenters. The molecule has 0 aliphatic heterocycles. The van der Waals surface area contributed by atoms with Gasteiger partial charge in [0.25, 0.3) is 0 Å². The zero-order valence-corrected chi connectivity index (χ0v) is 18.6. The van der Waals surface area contributed by atoms with Crippen molar-refractivity contribution in [3.05, 3.63) is 0 Å². The van der Waals surface area contributed by atoms with Crippen LogP contribution in [-0.4, -0.2) is 105 Å². The summed E-state index contributed by atoms with van der Waals surface area (Å²) in [7, 11) is 4.06. The van der Waals surface area contributed by atoms with E-state index in [0.29, 0.717) is 66.1 Å². The Balaban J connectivity index is 2.98. The van der Waals surface area contributed by atoms with Gasteiger partial charge >= 0.3 is 0 Å². The first-order valence-electron chi connectivity index (χ1n) is 10.9. The molecule has 0 aliphatic carbocycles. The van der Waals surface area contributed by atoms with Gasteiger partial charge in [0.05, 0.1) is 72.7 Å². The summed E-state index contributed by atoms with van der Waals surface area (Å²) >= 11 is 0. The van der Waals surface area contributed by atoms with E-state index in [1.165, 1.54) is 25.7 Å². The van der Waals surface area contributed by atoms with Crippen LogP contribution in [0.5, 0.6) is 0 Å². The van der Waals surface area contributed by atoms with E-state index >= 15 is 0 Å². The maximum atomic E-state index is 5.54. The SMILES string of the molecule is CCCCCCCOCCOCCOCCOCCOCCOCCN(C)C. The molecule has 0 aromatic heterocycles. The van der Waals surface area contributed by atoms with Gasteiger partial charge in [0.1, 0.15) is 0 Å². The fraction of sp³-hybridized carbons (Fsp3) is 1.00. The minimum absolute atomic E-state index is 0.573. The van der Waals surface area contributed by atoms with Crippen molar-refractivity contribution >= 4 is 0 Å². The number of likely N-dealkylation sites (N-methyl/N-ethyl adjacent to an activating group) is 1. The summed E-state index contributed by atoms with van der Waals surface area (Å²) in [4.78, 5) is 2.09. The van der Waals surface area contributed by atoms with Crippen molar-refractivity contribution in [2.75, 3.05) is 99.9 Å². The largest absolute Gasteiger partial charge is 0.379 e. The monoisotopic (exact) mass is 407 g/mol. The molecule has 7 heteroatoms. The molecule has 0 aliphatic rings. The smallest absolute Gasteiger partial charge is 0.0701 e. The molecule has 0 bridgehead atoms. The molecule has 0 aromatic carbocycles. The lowest BCUT2D eigenvalue weighted by Gasteiger charge is -2.10. The number of ether oxygens (including phenoxy) is 6. The van der Waals surface area contributed by atoms with Gasteiger partial charge < -0.3 is 33.3 Å². The molecule has 0 fully saturated rings. The predicted molar refractivity (Wildman–Crippen MR) is 112 cm³/mol. The zero-order chi connectivity index (χ0) is 20.5. The van der Waals surface area contributed by atoms with Crippen LogP contribution in [0.25, 0.3) is 0 Å². The van der Waals surface area contributed by atoms with Crippen molar-refractivity contribution in [1.82, 2.24) is 4.90 Å². The fourth-order valence-corrected chi connectivity index (χ4v) is 2.26. The summed E-state index contributed by atoms with van der Waals surface area (Å²) < 4.78 is 32.8. The average molecular weight is 408 g/mol. The Labute approximate surface area is 172 Å². The highest BCUT2D eigenvalue weighted by atomic mass is 16.6. The Morgan fingerprint density at radius 2 is 0.786 bits per heavy atom. The molecule has 0 saturated heterocycles. The second-order valence-electron chi connectivity index (χ2n) is 6.89. The van der Waals surface area contributed by atoms with Gasteiger partial charge in [-0.15, -0.1) is 0 Å².